The Morgan fingerprint density at radius 3 is 2.50 bits per heavy atom. The first kappa shape index (κ1) is 15.3. The molecule has 0 aliphatic heterocycles. The molecule has 0 fully saturated rings. The maximum Gasteiger partial charge on any atom is 0.174 e. The Hall–Kier alpha value is -1.56. The van der Waals surface area contributed by atoms with Gasteiger partial charge in [-0.1, -0.05) is 24.3 Å². The molecular formula is C17H15NOS3. The summed E-state index contributed by atoms with van der Waals surface area (Å²) in [5.74, 6) is 0.190. The number of hydrogen-bond acceptors (Lipinski definition) is 5. The molecule has 0 saturated heterocycles. The number of nitrogens with two attached hydrogens (primary N) is 1. The molecule has 0 saturated carbocycles. The number of nitrogen functional groups attached to an aromatic ring is 1. The van der Waals surface area contributed by atoms with Gasteiger partial charge in [0.1, 0.15) is 0 Å². The fraction of sp³-hybridized carbons (Fsp3) is 0.118. The number of para-hydroxylation sites is 1. The number of carbonyl (C=O) groups excluding carboxylic acids is 1. The van der Waals surface area contributed by atoms with Gasteiger partial charge in [0.2, 0.25) is 0 Å². The van der Waals surface area contributed by atoms with Gasteiger partial charge in [-0.2, -0.15) is 0 Å². The molecule has 0 radical (unpaired) electrons. The molecule has 5 heteroatoms. The molecule has 2 N–H and O–H groups in total. The summed E-state index contributed by atoms with van der Waals surface area (Å²) in [7, 11) is 0. The first-order chi connectivity index (χ1) is 10.7. The molecule has 0 spiro atoms. The summed E-state index contributed by atoms with van der Waals surface area (Å²) in [5.41, 5.74) is 6.81. The van der Waals surface area contributed by atoms with E-state index in [1.54, 1.807) is 23.1 Å². The van der Waals surface area contributed by atoms with Crippen LogP contribution < -0.4 is 5.73 Å². The standard InChI is InChI=1S/C17H15NOS3/c18-12-5-1-2-6-14(12)22-17(16-8-4-10-21-16)11-13(19)15-7-3-9-20-15/h1-10,17H,11,18H2. The van der Waals surface area contributed by atoms with E-state index in [2.05, 4.69) is 6.07 Å². The van der Waals surface area contributed by atoms with Crippen molar-refractivity contribution in [3.8, 4) is 0 Å². The molecule has 1 unspecified atom stereocenters. The zero-order valence-electron chi connectivity index (χ0n) is 11.8. The highest BCUT2D eigenvalue weighted by atomic mass is 32.2. The van der Waals surface area contributed by atoms with E-state index in [4.69, 9.17) is 5.73 Å². The van der Waals surface area contributed by atoms with Crippen LogP contribution in [-0.4, -0.2) is 5.78 Å². The highest BCUT2D eigenvalue weighted by Crippen LogP contribution is 2.42. The minimum Gasteiger partial charge on any atom is -0.398 e. The van der Waals surface area contributed by atoms with Gasteiger partial charge in [-0.05, 0) is 35.0 Å². The number of benzene rings is 1. The lowest BCUT2D eigenvalue weighted by atomic mass is 10.1. The van der Waals surface area contributed by atoms with Crippen LogP contribution in [0.25, 0.3) is 0 Å². The summed E-state index contributed by atoms with van der Waals surface area (Å²) in [6.45, 7) is 0. The number of thiophene rings is 2. The quantitative estimate of drug-likeness (QED) is 0.364. The van der Waals surface area contributed by atoms with Crippen molar-refractivity contribution < 1.29 is 4.79 Å². The van der Waals surface area contributed by atoms with Crippen LogP contribution in [0.2, 0.25) is 0 Å². The van der Waals surface area contributed by atoms with Gasteiger partial charge >= 0.3 is 0 Å². The van der Waals surface area contributed by atoms with Crippen molar-refractivity contribution in [1.29, 1.82) is 0 Å². The molecule has 2 heterocycles. The Bertz CT molecular complexity index is 735. The molecule has 22 heavy (non-hydrogen) atoms. The summed E-state index contributed by atoms with van der Waals surface area (Å²) in [6.07, 6.45) is 0.486. The van der Waals surface area contributed by atoms with Gasteiger partial charge in [-0.3, -0.25) is 4.79 Å². The molecule has 3 rings (SSSR count). The molecular weight excluding hydrogens is 330 g/mol. The van der Waals surface area contributed by atoms with Crippen LogP contribution in [0, 0.1) is 0 Å². The van der Waals surface area contributed by atoms with Crippen molar-refractivity contribution in [2.75, 3.05) is 5.73 Å². The normalized spacial score (nSPS) is 12.2. The second kappa shape index (κ2) is 7.13. The number of carbonyl (C=O) groups is 1. The zero-order chi connectivity index (χ0) is 15.4. The Kier molecular flexibility index (Phi) is 4.97. The lowest BCUT2D eigenvalue weighted by Gasteiger charge is -2.15. The molecule has 1 atom stereocenters. The van der Waals surface area contributed by atoms with Crippen molar-refractivity contribution in [2.45, 2.75) is 16.6 Å². The maximum atomic E-state index is 12.5. The van der Waals surface area contributed by atoms with Crippen LogP contribution in [0.3, 0.4) is 0 Å². The molecule has 0 amide bonds. The van der Waals surface area contributed by atoms with Gasteiger partial charge in [0.25, 0.3) is 0 Å². The summed E-state index contributed by atoms with van der Waals surface area (Å²) < 4.78 is 0. The van der Waals surface area contributed by atoms with Crippen molar-refractivity contribution in [3.05, 3.63) is 69.0 Å². The number of ketones is 1. The Balaban J connectivity index is 1.82. The minimum absolute atomic E-state index is 0.0966. The third-order valence-corrected chi connectivity index (χ3v) is 6.59. The first-order valence-electron chi connectivity index (χ1n) is 6.85. The number of Topliss-reactive ketones (excluding diaryl/α,β-unsaturated/α-hetero) is 1. The molecule has 1 aromatic carbocycles. The minimum atomic E-state index is 0.0966. The second-order valence-electron chi connectivity index (χ2n) is 4.76. The maximum absolute atomic E-state index is 12.5. The van der Waals surface area contributed by atoms with E-state index in [0.29, 0.717) is 6.42 Å². The van der Waals surface area contributed by atoms with Gasteiger partial charge in [0.05, 0.1) is 10.1 Å². The molecule has 3 aromatic rings. The van der Waals surface area contributed by atoms with Gasteiger partial charge < -0.3 is 5.73 Å². The fourth-order valence-electron chi connectivity index (χ4n) is 2.12. The van der Waals surface area contributed by atoms with Crippen LogP contribution in [-0.2, 0) is 0 Å². The molecule has 0 bridgehead atoms. The predicted molar refractivity (Wildman–Crippen MR) is 97.0 cm³/mol. The van der Waals surface area contributed by atoms with Crippen LogP contribution in [0.15, 0.2) is 64.2 Å². The average molecular weight is 346 g/mol. The van der Waals surface area contributed by atoms with E-state index in [0.717, 1.165) is 15.5 Å². The first-order valence-corrected chi connectivity index (χ1v) is 9.49. The molecule has 0 aliphatic carbocycles. The molecule has 0 aliphatic rings. The summed E-state index contributed by atoms with van der Waals surface area (Å²) in [6, 6.07) is 15.7. The largest absolute Gasteiger partial charge is 0.398 e. The molecule has 112 valence electrons. The Morgan fingerprint density at radius 2 is 1.82 bits per heavy atom. The van der Waals surface area contributed by atoms with E-state index < -0.39 is 0 Å². The van der Waals surface area contributed by atoms with E-state index in [9.17, 15) is 4.79 Å². The Labute approximate surface area is 142 Å². The van der Waals surface area contributed by atoms with Crippen LogP contribution >= 0.6 is 34.4 Å². The zero-order valence-corrected chi connectivity index (χ0v) is 14.2. The third kappa shape index (κ3) is 3.61. The highest BCUT2D eigenvalue weighted by molar-refractivity contribution is 7.99. The van der Waals surface area contributed by atoms with E-state index in [1.807, 2.05) is 53.2 Å². The van der Waals surface area contributed by atoms with Crippen molar-refractivity contribution in [1.82, 2.24) is 0 Å². The SMILES string of the molecule is Nc1ccccc1SC(CC(=O)c1cccs1)c1cccs1. The van der Waals surface area contributed by atoms with Crippen molar-refractivity contribution >= 4 is 45.9 Å². The Morgan fingerprint density at radius 1 is 1.05 bits per heavy atom. The average Bonchev–Trinajstić information content (AvgIpc) is 3.22. The van der Waals surface area contributed by atoms with Crippen LogP contribution in [0.4, 0.5) is 5.69 Å². The van der Waals surface area contributed by atoms with Gasteiger partial charge in [0, 0.05) is 21.9 Å². The van der Waals surface area contributed by atoms with Crippen LogP contribution in [0.5, 0.6) is 0 Å². The second-order valence-corrected chi connectivity index (χ2v) is 7.94. The number of anilines is 1. The van der Waals surface area contributed by atoms with E-state index >= 15 is 0 Å². The van der Waals surface area contributed by atoms with Crippen LogP contribution in [0.1, 0.15) is 26.2 Å². The number of thioether (sulfide) groups is 1. The monoisotopic (exact) mass is 345 g/mol. The fourth-order valence-corrected chi connectivity index (χ4v) is 4.91. The van der Waals surface area contributed by atoms with E-state index in [1.165, 1.54) is 16.2 Å². The predicted octanol–water partition coefficient (Wildman–Crippen LogP) is 5.50. The van der Waals surface area contributed by atoms with Gasteiger partial charge in [-0.25, -0.2) is 0 Å². The summed E-state index contributed by atoms with van der Waals surface area (Å²) >= 11 is 4.85. The molecule has 2 aromatic heterocycles. The summed E-state index contributed by atoms with van der Waals surface area (Å²) in [5, 5.41) is 4.09. The number of rotatable bonds is 6. The van der Waals surface area contributed by atoms with E-state index in [-0.39, 0.29) is 11.0 Å². The topological polar surface area (TPSA) is 43.1 Å². The smallest absolute Gasteiger partial charge is 0.174 e. The number of hydrogen-bond donors (Lipinski definition) is 1. The van der Waals surface area contributed by atoms with Crippen molar-refractivity contribution in [3.63, 3.8) is 0 Å². The summed E-state index contributed by atoms with van der Waals surface area (Å²) in [4.78, 5) is 15.5. The van der Waals surface area contributed by atoms with Gasteiger partial charge in [-0.15, -0.1) is 34.4 Å². The van der Waals surface area contributed by atoms with Gasteiger partial charge in [0.15, 0.2) is 5.78 Å². The third-order valence-electron chi connectivity index (χ3n) is 3.22. The lowest BCUT2D eigenvalue weighted by molar-refractivity contribution is 0.0986. The van der Waals surface area contributed by atoms with Crippen molar-refractivity contribution in [2.24, 2.45) is 0 Å². The highest BCUT2D eigenvalue weighted by Gasteiger charge is 2.20. The lowest BCUT2D eigenvalue weighted by Crippen LogP contribution is -2.03. The molecule has 2 nitrogen and oxygen atoms in total.